The molecule has 0 bridgehead atoms. The lowest BCUT2D eigenvalue weighted by atomic mass is 10.0. The van der Waals surface area contributed by atoms with Gasteiger partial charge < -0.3 is 15.4 Å². The summed E-state index contributed by atoms with van der Waals surface area (Å²) >= 11 is 0. The van der Waals surface area contributed by atoms with Crippen LogP contribution in [0.3, 0.4) is 0 Å². The van der Waals surface area contributed by atoms with Crippen LogP contribution >= 0.6 is 0 Å². The molecule has 1 heterocycles. The third-order valence-electron chi connectivity index (χ3n) is 2.99. The van der Waals surface area contributed by atoms with Gasteiger partial charge in [-0.05, 0) is 6.42 Å². The van der Waals surface area contributed by atoms with Gasteiger partial charge in [-0.3, -0.25) is 4.79 Å². The normalized spacial score (nSPS) is 13.8. The second-order valence-corrected chi connectivity index (χ2v) is 4.72. The molecular weight excluding hydrogens is 246 g/mol. The Morgan fingerprint density at radius 3 is 2.79 bits per heavy atom. The molecule has 1 aromatic heterocycles. The van der Waals surface area contributed by atoms with E-state index in [1.807, 2.05) is 6.92 Å². The lowest BCUT2D eigenvalue weighted by molar-refractivity contribution is -0.142. The summed E-state index contributed by atoms with van der Waals surface area (Å²) in [5, 5.41) is 11.6. The number of nitrogens with one attached hydrogen (secondary N) is 2. The van der Waals surface area contributed by atoms with Crippen molar-refractivity contribution in [2.24, 2.45) is 5.92 Å². The van der Waals surface area contributed by atoms with Crippen LogP contribution in [0.2, 0.25) is 0 Å². The summed E-state index contributed by atoms with van der Waals surface area (Å²) < 4.78 is 0. The number of aliphatic carboxylic acids is 1. The van der Waals surface area contributed by atoms with Gasteiger partial charge in [0.25, 0.3) is 0 Å². The second kappa shape index (κ2) is 7.56. The molecule has 0 aliphatic rings. The molecule has 0 saturated heterocycles. The monoisotopic (exact) mass is 267 g/mol. The predicted octanol–water partition coefficient (Wildman–Crippen LogP) is 1.35. The number of amides is 1. The maximum atomic E-state index is 11.9. The molecule has 6 nitrogen and oxygen atoms in total. The third kappa shape index (κ3) is 5.11. The molecule has 0 spiro atoms. The third-order valence-corrected chi connectivity index (χ3v) is 2.99. The van der Waals surface area contributed by atoms with Gasteiger partial charge in [-0.2, -0.15) is 0 Å². The van der Waals surface area contributed by atoms with E-state index in [1.54, 1.807) is 19.4 Å². The van der Waals surface area contributed by atoms with Crippen molar-refractivity contribution in [3.05, 3.63) is 18.2 Å². The Morgan fingerprint density at radius 2 is 2.26 bits per heavy atom. The Balaban J connectivity index is 2.48. The van der Waals surface area contributed by atoms with Gasteiger partial charge in [0.15, 0.2) is 0 Å². The summed E-state index contributed by atoms with van der Waals surface area (Å²) in [4.78, 5) is 29.8. The van der Waals surface area contributed by atoms with E-state index < -0.39 is 12.0 Å². The molecule has 106 valence electrons. The van der Waals surface area contributed by atoms with Gasteiger partial charge in [-0.15, -0.1) is 0 Å². The van der Waals surface area contributed by atoms with Crippen LogP contribution in [0.25, 0.3) is 0 Å². The molecule has 1 amide bonds. The van der Waals surface area contributed by atoms with Crippen molar-refractivity contribution >= 4 is 11.9 Å². The molecule has 1 rings (SSSR count). The van der Waals surface area contributed by atoms with Crippen molar-refractivity contribution in [3.63, 3.8) is 0 Å². The van der Waals surface area contributed by atoms with Crippen molar-refractivity contribution in [2.45, 2.75) is 45.6 Å². The van der Waals surface area contributed by atoms with E-state index in [1.165, 1.54) is 0 Å². The molecular formula is C13H21N3O3. The molecule has 0 aromatic carbocycles. The van der Waals surface area contributed by atoms with Crippen LogP contribution in [0.4, 0.5) is 0 Å². The molecule has 0 radical (unpaired) electrons. The number of carboxylic acids is 1. The first-order valence-corrected chi connectivity index (χ1v) is 6.55. The number of hydrogen-bond acceptors (Lipinski definition) is 3. The maximum absolute atomic E-state index is 11.9. The van der Waals surface area contributed by atoms with Gasteiger partial charge in [0, 0.05) is 24.2 Å². The lowest BCUT2D eigenvalue weighted by Gasteiger charge is -2.17. The van der Waals surface area contributed by atoms with Gasteiger partial charge in [0.2, 0.25) is 5.91 Å². The minimum Gasteiger partial charge on any atom is -0.480 e. The van der Waals surface area contributed by atoms with Crippen LogP contribution in [0, 0.1) is 5.92 Å². The van der Waals surface area contributed by atoms with Gasteiger partial charge in [0.1, 0.15) is 6.04 Å². The Bertz CT molecular complexity index is 403. The Labute approximate surface area is 112 Å². The van der Waals surface area contributed by atoms with Crippen LogP contribution in [0.5, 0.6) is 0 Å². The number of unbranched alkanes of at least 4 members (excludes halogenated alkanes) is 1. The highest BCUT2D eigenvalue weighted by molar-refractivity contribution is 5.84. The molecule has 3 N–H and O–H groups in total. The Hall–Kier alpha value is -1.85. The standard InChI is InChI=1S/C13H21N3O3/c1-3-4-5-11(13(18)19)16-12(17)9(2)6-10-7-14-8-15-10/h7-9,11H,3-6H2,1-2H3,(H,14,15)(H,16,17)(H,18,19). The zero-order valence-corrected chi connectivity index (χ0v) is 11.3. The Kier molecular flexibility index (Phi) is 6.05. The fourth-order valence-electron chi connectivity index (χ4n) is 1.80. The minimum absolute atomic E-state index is 0.238. The van der Waals surface area contributed by atoms with E-state index in [0.717, 1.165) is 18.5 Å². The van der Waals surface area contributed by atoms with Crippen molar-refractivity contribution < 1.29 is 14.7 Å². The molecule has 2 atom stereocenters. The molecule has 0 fully saturated rings. The van der Waals surface area contributed by atoms with Crippen LogP contribution in [-0.2, 0) is 16.0 Å². The maximum Gasteiger partial charge on any atom is 0.326 e. The fraction of sp³-hybridized carbons (Fsp3) is 0.615. The molecule has 1 aromatic rings. The quantitative estimate of drug-likeness (QED) is 0.662. The average Bonchev–Trinajstić information content (AvgIpc) is 2.86. The van der Waals surface area contributed by atoms with Crippen molar-refractivity contribution in [1.82, 2.24) is 15.3 Å². The predicted molar refractivity (Wildman–Crippen MR) is 70.5 cm³/mol. The zero-order valence-electron chi connectivity index (χ0n) is 11.3. The molecule has 19 heavy (non-hydrogen) atoms. The summed E-state index contributed by atoms with van der Waals surface area (Å²) in [6.45, 7) is 3.76. The molecule has 0 saturated carbocycles. The smallest absolute Gasteiger partial charge is 0.326 e. The number of nitrogens with zero attached hydrogens (tertiary/aromatic N) is 1. The number of rotatable bonds is 8. The molecule has 2 unspecified atom stereocenters. The Morgan fingerprint density at radius 1 is 1.53 bits per heavy atom. The first kappa shape index (κ1) is 15.2. The van der Waals surface area contributed by atoms with Crippen LogP contribution in [0.1, 0.15) is 38.8 Å². The topological polar surface area (TPSA) is 95.1 Å². The van der Waals surface area contributed by atoms with Crippen LogP contribution < -0.4 is 5.32 Å². The summed E-state index contributed by atoms with van der Waals surface area (Å²) in [7, 11) is 0. The van der Waals surface area contributed by atoms with E-state index in [9.17, 15) is 9.59 Å². The largest absolute Gasteiger partial charge is 0.480 e. The minimum atomic E-state index is -0.976. The van der Waals surface area contributed by atoms with E-state index in [4.69, 9.17) is 5.11 Å². The van der Waals surface area contributed by atoms with E-state index in [2.05, 4.69) is 15.3 Å². The van der Waals surface area contributed by atoms with E-state index in [0.29, 0.717) is 12.8 Å². The van der Waals surface area contributed by atoms with Crippen LogP contribution in [-0.4, -0.2) is 33.0 Å². The van der Waals surface area contributed by atoms with E-state index in [-0.39, 0.29) is 11.8 Å². The summed E-state index contributed by atoms with van der Waals surface area (Å²) in [5.41, 5.74) is 0.864. The molecule has 0 aliphatic carbocycles. The number of hydrogen-bond donors (Lipinski definition) is 3. The van der Waals surface area contributed by atoms with Gasteiger partial charge in [-0.1, -0.05) is 26.7 Å². The average molecular weight is 267 g/mol. The highest BCUT2D eigenvalue weighted by atomic mass is 16.4. The van der Waals surface area contributed by atoms with Crippen molar-refractivity contribution in [2.75, 3.05) is 0 Å². The summed E-state index contributed by atoms with van der Waals surface area (Å²) in [6.07, 6.45) is 5.90. The summed E-state index contributed by atoms with van der Waals surface area (Å²) in [6, 6.07) is -0.795. The highest BCUT2D eigenvalue weighted by Crippen LogP contribution is 2.07. The van der Waals surface area contributed by atoms with Gasteiger partial charge in [-0.25, -0.2) is 9.78 Å². The number of H-pyrrole nitrogens is 1. The second-order valence-electron chi connectivity index (χ2n) is 4.72. The number of aromatic amines is 1. The SMILES string of the molecule is CCCCC(NC(=O)C(C)Cc1cnc[nH]1)C(=O)O. The molecule has 0 aliphatic heterocycles. The van der Waals surface area contributed by atoms with Crippen LogP contribution in [0.15, 0.2) is 12.5 Å². The highest BCUT2D eigenvalue weighted by Gasteiger charge is 2.22. The zero-order chi connectivity index (χ0) is 14.3. The first-order chi connectivity index (χ1) is 9.04. The van der Waals surface area contributed by atoms with Gasteiger partial charge in [0.05, 0.1) is 6.33 Å². The van der Waals surface area contributed by atoms with Crippen molar-refractivity contribution in [1.29, 1.82) is 0 Å². The number of carbonyl (C=O) groups is 2. The number of carbonyl (C=O) groups excluding carboxylic acids is 1. The molecule has 6 heteroatoms. The lowest BCUT2D eigenvalue weighted by Crippen LogP contribution is -2.43. The first-order valence-electron chi connectivity index (χ1n) is 6.55. The fourth-order valence-corrected chi connectivity index (χ4v) is 1.80. The summed E-state index contributed by atoms with van der Waals surface area (Å²) in [5.74, 6) is -1.50. The van der Waals surface area contributed by atoms with Crippen molar-refractivity contribution in [3.8, 4) is 0 Å². The number of imidazole rings is 1. The van der Waals surface area contributed by atoms with E-state index >= 15 is 0 Å². The van der Waals surface area contributed by atoms with Gasteiger partial charge >= 0.3 is 5.97 Å². The number of carboxylic acid groups (broad SMARTS) is 1. The number of aromatic nitrogens is 2.